The average molecular weight is 277 g/mol. The van der Waals surface area contributed by atoms with Crippen molar-refractivity contribution >= 4 is 0 Å². The highest BCUT2D eigenvalue weighted by Crippen LogP contribution is 2.34. The van der Waals surface area contributed by atoms with Gasteiger partial charge in [-0.2, -0.15) is 0 Å². The molecule has 2 rings (SSSR count). The highest BCUT2D eigenvalue weighted by atomic mass is 16.5. The molecule has 0 saturated heterocycles. The Morgan fingerprint density at radius 3 is 2.60 bits per heavy atom. The van der Waals surface area contributed by atoms with Gasteiger partial charge in [-0.15, -0.1) is 0 Å². The van der Waals surface area contributed by atoms with Gasteiger partial charge in [0.05, 0.1) is 13.2 Å². The summed E-state index contributed by atoms with van der Waals surface area (Å²) in [5.74, 6) is 2.38. The van der Waals surface area contributed by atoms with Gasteiger partial charge in [0, 0.05) is 12.5 Å². The Morgan fingerprint density at radius 2 is 1.90 bits per heavy atom. The Balaban J connectivity index is 2.21. The number of hydrogen-bond acceptors (Lipinski definition) is 3. The maximum Gasteiger partial charge on any atom is 0.161 e. The van der Waals surface area contributed by atoms with Crippen LogP contribution in [0.2, 0.25) is 0 Å². The van der Waals surface area contributed by atoms with E-state index in [2.05, 4.69) is 44.3 Å². The minimum absolute atomic E-state index is 0.386. The molecule has 0 aliphatic carbocycles. The first-order valence-corrected chi connectivity index (χ1v) is 7.89. The molecule has 0 amide bonds. The average Bonchev–Trinajstić information content (AvgIpc) is 2.72. The third-order valence-electron chi connectivity index (χ3n) is 3.96. The molecule has 112 valence electrons. The van der Waals surface area contributed by atoms with Gasteiger partial charge >= 0.3 is 0 Å². The monoisotopic (exact) mass is 277 g/mol. The van der Waals surface area contributed by atoms with Crippen LogP contribution < -0.4 is 14.8 Å². The summed E-state index contributed by atoms with van der Waals surface area (Å²) in [6.45, 7) is 9.28. The molecule has 1 aromatic carbocycles. The van der Waals surface area contributed by atoms with E-state index in [-0.39, 0.29) is 0 Å². The van der Waals surface area contributed by atoms with E-state index >= 15 is 0 Å². The maximum absolute atomic E-state index is 5.80. The van der Waals surface area contributed by atoms with E-state index in [1.807, 2.05) is 0 Å². The van der Waals surface area contributed by atoms with Gasteiger partial charge in [0.15, 0.2) is 11.5 Å². The molecule has 0 radical (unpaired) electrons. The fourth-order valence-corrected chi connectivity index (χ4v) is 2.56. The Kier molecular flexibility index (Phi) is 5.72. The molecular weight excluding hydrogens is 250 g/mol. The van der Waals surface area contributed by atoms with Crippen LogP contribution in [-0.4, -0.2) is 19.8 Å². The van der Waals surface area contributed by atoms with E-state index in [9.17, 15) is 0 Å². The summed E-state index contributed by atoms with van der Waals surface area (Å²) in [7, 11) is 0. The Morgan fingerprint density at radius 1 is 1.15 bits per heavy atom. The summed E-state index contributed by atoms with van der Waals surface area (Å²) in [6, 6.07) is 6.77. The molecule has 1 aliphatic heterocycles. The van der Waals surface area contributed by atoms with Crippen LogP contribution in [0.25, 0.3) is 0 Å². The quantitative estimate of drug-likeness (QED) is 0.854. The second-order valence-electron chi connectivity index (χ2n) is 5.57. The maximum atomic E-state index is 5.80. The zero-order chi connectivity index (χ0) is 14.4. The lowest BCUT2D eigenvalue weighted by Gasteiger charge is -2.25. The third kappa shape index (κ3) is 3.66. The Labute approximate surface area is 122 Å². The second kappa shape index (κ2) is 7.53. The fraction of sp³-hybridized carbons (Fsp3) is 0.647. The summed E-state index contributed by atoms with van der Waals surface area (Å²) in [5.41, 5.74) is 1.30. The molecule has 0 spiro atoms. The SMILES string of the molecule is CCCNC(c1ccc2c(c1)OCCCO2)C(C)CC. The Bertz CT molecular complexity index is 419. The van der Waals surface area contributed by atoms with Crippen LogP contribution in [0.4, 0.5) is 0 Å². The van der Waals surface area contributed by atoms with Crippen LogP contribution in [0.5, 0.6) is 11.5 Å². The van der Waals surface area contributed by atoms with Gasteiger partial charge < -0.3 is 14.8 Å². The van der Waals surface area contributed by atoms with E-state index in [1.54, 1.807) is 0 Å². The largest absolute Gasteiger partial charge is 0.490 e. The first-order chi connectivity index (χ1) is 9.76. The molecule has 0 aromatic heterocycles. The van der Waals surface area contributed by atoms with Gasteiger partial charge in [-0.3, -0.25) is 0 Å². The number of benzene rings is 1. The first kappa shape index (κ1) is 15.2. The summed E-state index contributed by atoms with van der Waals surface area (Å²) in [5, 5.41) is 3.66. The predicted octanol–water partition coefficient (Wildman–Crippen LogP) is 3.93. The fourth-order valence-electron chi connectivity index (χ4n) is 2.56. The number of hydrogen-bond donors (Lipinski definition) is 1. The standard InChI is InChI=1S/C17H27NO2/c1-4-9-18-17(13(3)5-2)14-7-8-15-16(12-14)20-11-6-10-19-15/h7-8,12-13,17-18H,4-6,9-11H2,1-3H3. The highest BCUT2D eigenvalue weighted by Gasteiger charge is 2.20. The van der Waals surface area contributed by atoms with E-state index < -0.39 is 0 Å². The van der Waals surface area contributed by atoms with Gasteiger partial charge in [-0.25, -0.2) is 0 Å². The topological polar surface area (TPSA) is 30.5 Å². The number of fused-ring (bicyclic) bond motifs is 1. The van der Waals surface area contributed by atoms with Crippen molar-refractivity contribution in [3.8, 4) is 11.5 Å². The molecule has 0 saturated carbocycles. The summed E-state index contributed by atoms with van der Waals surface area (Å²) in [4.78, 5) is 0. The van der Waals surface area contributed by atoms with Gasteiger partial charge in [0.1, 0.15) is 0 Å². The zero-order valence-corrected chi connectivity index (χ0v) is 12.9. The lowest BCUT2D eigenvalue weighted by Crippen LogP contribution is -2.27. The van der Waals surface area contributed by atoms with Crippen LogP contribution in [0.1, 0.15) is 51.6 Å². The van der Waals surface area contributed by atoms with E-state index in [1.165, 1.54) is 5.56 Å². The van der Waals surface area contributed by atoms with Crippen molar-refractivity contribution in [3.63, 3.8) is 0 Å². The molecule has 0 bridgehead atoms. The van der Waals surface area contributed by atoms with Crippen LogP contribution in [-0.2, 0) is 0 Å². The van der Waals surface area contributed by atoms with Crippen molar-refractivity contribution in [1.82, 2.24) is 5.32 Å². The van der Waals surface area contributed by atoms with Gasteiger partial charge in [0.25, 0.3) is 0 Å². The van der Waals surface area contributed by atoms with Crippen molar-refractivity contribution in [2.75, 3.05) is 19.8 Å². The van der Waals surface area contributed by atoms with Crippen LogP contribution in [0.3, 0.4) is 0 Å². The minimum Gasteiger partial charge on any atom is -0.490 e. The molecule has 1 aromatic rings. The molecule has 3 heteroatoms. The van der Waals surface area contributed by atoms with Gasteiger partial charge in [0.2, 0.25) is 0 Å². The molecule has 20 heavy (non-hydrogen) atoms. The van der Waals surface area contributed by atoms with Crippen molar-refractivity contribution in [2.24, 2.45) is 5.92 Å². The zero-order valence-electron chi connectivity index (χ0n) is 12.9. The molecule has 0 fully saturated rings. The van der Waals surface area contributed by atoms with Crippen molar-refractivity contribution < 1.29 is 9.47 Å². The third-order valence-corrected chi connectivity index (χ3v) is 3.96. The van der Waals surface area contributed by atoms with Crippen LogP contribution in [0, 0.1) is 5.92 Å². The van der Waals surface area contributed by atoms with Gasteiger partial charge in [-0.1, -0.05) is 33.3 Å². The minimum atomic E-state index is 0.386. The van der Waals surface area contributed by atoms with Crippen molar-refractivity contribution in [1.29, 1.82) is 0 Å². The Hall–Kier alpha value is -1.22. The van der Waals surface area contributed by atoms with Crippen molar-refractivity contribution in [2.45, 2.75) is 46.1 Å². The summed E-state index contributed by atoms with van der Waals surface area (Å²) in [6.07, 6.45) is 3.26. The van der Waals surface area contributed by atoms with E-state index in [0.717, 1.165) is 50.5 Å². The van der Waals surface area contributed by atoms with Gasteiger partial charge in [-0.05, 0) is 36.6 Å². The number of nitrogens with one attached hydrogen (secondary N) is 1. The molecule has 1 aliphatic rings. The predicted molar refractivity (Wildman–Crippen MR) is 82.5 cm³/mol. The molecule has 1 N–H and O–H groups in total. The lowest BCUT2D eigenvalue weighted by atomic mass is 9.92. The normalized spacial score (nSPS) is 17.4. The van der Waals surface area contributed by atoms with Crippen LogP contribution in [0.15, 0.2) is 18.2 Å². The lowest BCUT2D eigenvalue weighted by molar-refractivity contribution is 0.296. The molecule has 3 nitrogen and oxygen atoms in total. The summed E-state index contributed by atoms with van der Waals surface area (Å²) >= 11 is 0. The summed E-state index contributed by atoms with van der Waals surface area (Å²) < 4.78 is 11.5. The molecule has 1 heterocycles. The van der Waals surface area contributed by atoms with E-state index in [4.69, 9.17) is 9.47 Å². The molecular formula is C17H27NO2. The second-order valence-corrected chi connectivity index (χ2v) is 5.57. The van der Waals surface area contributed by atoms with Crippen molar-refractivity contribution in [3.05, 3.63) is 23.8 Å². The molecule has 2 unspecified atom stereocenters. The molecule has 2 atom stereocenters. The van der Waals surface area contributed by atoms with Crippen LogP contribution >= 0.6 is 0 Å². The highest BCUT2D eigenvalue weighted by molar-refractivity contribution is 5.44. The number of ether oxygens (including phenoxy) is 2. The first-order valence-electron chi connectivity index (χ1n) is 7.89. The smallest absolute Gasteiger partial charge is 0.161 e. The van der Waals surface area contributed by atoms with E-state index in [0.29, 0.717) is 12.0 Å². The number of rotatable bonds is 6.